The number of oxime groups is 1. The Balaban J connectivity index is 1.41. The molecule has 3 N–H and O–H groups in total. The lowest BCUT2D eigenvalue weighted by Gasteiger charge is -2.49. The smallest absolute Gasteiger partial charge is 0.356 e. The number of amides is 2. The number of nitrogen functional groups attached to an aromatic ring is 1. The second-order valence-corrected chi connectivity index (χ2v) is 11.3. The zero-order valence-electron chi connectivity index (χ0n) is 22.9. The molecule has 0 spiro atoms. The van der Waals surface area contributed by atoms with E-state index in [-0.39, 0.29) is 22.2 Å². The van der Waals surface area contributed by atoms with Gasteiger partial charge < -0.3 is 20.6 Å². The minimum atomic E-state index is -0.890. The Morgan fingerprint density at radius 1 is 1.17 bits per heavy atom. The van der Waals surface area contributed by atoms with Crippen LogP contribution in [0.15, 0.2) is 94.6 Å². The molecule has 1 saturated heterocycles. The van der Waals surface area contributed by atoms with Gasteiger partial charge in [0.05, 0.1) is 0 Å². The number of aromatic nitrogens is 1. The average Bonchev–Trinajstić information content (AvgIpc) is 3.45. The van der Waals surface area contributed by atoms with Crippen LogP contribution in [0.2, 0.25) is 0 Å². The number of allylic oxidation sites excluding steroid dienone is 2. The quantitative estimate of drug-likeness (QED) is 0.153. The minimum absolute atomic E-state index is 0.104. The van der Waals surface area contributed by atoms with Crippen LogP contribution in [0.3, 0.4) is 0 Å². The number of benzene rings is 2. The standard InChI is InChI=1S/C30H29N5O5S2/c1-3-4-11-20-16-41-28-23(33-26(36)22(34-39-2)21-17-42-30(31)32-21)27(37)35(28)24(20)29(38)40-25(18-12-7-5-8-13-18)19-14-9-6-10-15-19/h4-15,17,23,25,28H,3,16H2,1-2H3,(H2,31,32)(H,33,36)/b11-4-,34-22-/t23?,28-/m0/s1. The van der Waals surface area contributed by atoms with Gasteiger partial charge in [0.2, 0.25) is 0 Å². The predicted octanol–water partition coefficient (Wildman–Crippen LogP) is 4.03. The molecular formula is C30H29N5O5S2. The molecular weight excluding hydrogens is 574 g/mol. The first-order chi connectivity index (χ1) is 20.4. The molecule has 0 saturated carbocycles. The fourth-order valence-corrected chi connectivity index (χ4v) is 6.54. The maximum Gasteiger partial charge on any atom is 0.356 e. The van der Waals surface area contributed by atoms with E-state index in [4.69, 9.17) is 15.3 Å². The first-order valence-electron chi connectivity index (χ1n) is 13.2. The minimum Gasteiger partial charge on any atom is -0.448 e. The third kappa shape index (κ3) is 5.95. The Bertz CT molecular complexity index is 1510. The van der Waals surface area contributed by atoms with Gasteiger partial charge in [-0.15, -0.1) is 23.1 Å². The van der Waals surface area contributed by atoms with Crippen molar-refractivity contribution in [3.05, 3.63) is 106 Å². The summed E-state index contributed by atoms with van der Waals surface area (Å²) < 4.78 is 6.14. The van der Waals surface area contributed by atoms with Crippen molar-refractivity contribution in [3.63, 3.8) is 0 Å². The SMILES string of the molecule is CC/C=C\C1=C(C(=O)OC(c2ccccc2)c2ccccc2)N2C(=O)C(NC(=O)/C(=N\OC)c3csc(N)n3)[C@@H]2SC1. The van der Waals surface area contributed by atoms with Crippen molar-refractivity contribution in [2.45, 2.75) is 30.9 Å². The summed E-state index contributed by atoms with van der Waals surface area (Å²) in [5.41, 5.74) is 8.32. The van der Waals surface area contributed by atoms with Crippen molar-refractivity contribution in [2.75, 3.05) is 18.6 Å². The van der Waals surface area contributed by atoms with E-state index in [2.05, 4.69) is 15.5 Å². The number of carbonyl (C=O) groups is 3. The number of nitrogens with one attached hydrogen (secondary N) is 1. The third-order valence-electron chi connectivity index (χ3n) is 6.62. The molecule has 2 aromatic carbocycles. The van der Waals surface area contributed by atoms with Crippen LogP contribution in [-0.2, 0) is 24.0 Å². The molecule has 0 aliphatic carbocycles. The van der Waals surface area contributed by atoms with Crippen molar-refractivity contribution in [1.29, 1.82) is 0 Å². The van der Waals surface area contributed by atoms with Gasteiger partial charge in [0, 0.05) is 11.1 Å². The van der Waals surface area contributed by atoms with E-state index in [1.165, 1.54) is 23.8 Å². The predicted molar refractivity (Wildman–Crippen MR) is 162 cm³/mol. The van der Waals surface area contributed by atoms with Crippen LogP contribution in [0.4, 0.5) is 5.13 Å². The monoisotopic (exact) mass is 603 g/mol. The van der Waals surface area contributed by atoms with E-state index < -0.39 is 35.3 Å². The van der Waals surface area contributed by atoms with Gasteiger partial charge in [0.15, 0.2) is 16.9 Å². The second kappa shape index (κ2) is 13.0. The highest BCUT2D eigenvalue weighted by Crippen LogP contribution is 2.42. The Hall–Kier alpha value is -4.42. The normalized spacial score (nSPS) is 18.6. The van der Waals surface area contributed by atoms with E-state index in [9.17, 15) is 14.4 Å². The summed E-state index contributed by atoms with van der Waals surface area (Å²) in [4.78, 5) is 51.0. The molecule has 42 heavy (non-hydrogen) atoms. The maximum absolute atomic E-state index is 13.9. The molecule has 1 aromatic heterocycles. The molecule has 10 nitrogen and oxygen atoms in total. The average molecular weight is 604 g/mol. The molecule has 3 aromatic rings. The van der Waals surface area contributed by atoms with E-state index >= 15 is 0 Å². The first kappa shape index (κ1) is 29.1. The summed E-state index contributed by atoms with van der Waals surface area (Å²) in [6, 6.07) is 18.0. The van der Waals surface area contributed by atoms with E-state index in [0.29, 0.717) is 11.3 Å². The number of thioether (sulfide) groups is 1. The molecule has 2 aliphatic heterocycles. The van der Waals surface area contributed by atoms with Crippen molar-refractivity contribution in [3.8, 4) is 0 Å². The largest absolute Gasteiger partial charge is 0.448 e. The molecule has 0 radical (unpaired) electrons. The highest BCUT2D eigenvalue weighted by Gasteiger charge is 2.54. The van der Waals surface area contributed by atoms with Gasteiger partial charge >= 0.3 is 5.97 Å². The molecule has 2 aliphatic rings. The summed E-state index contributed by atoms with van der Waals surface area (Å²) in [5, 5.41) is 7.86. The van der Waals surface area contributed by atoms with Gasteiger partial charge in [-0.3, -0.25) is 14.5 Å². The van der Waals surface area contributed by atoms with Crippen LogP contribution < -0.4 is 11.1 Å². The number of ether oxygens (including phenoxy) is 1. The summed E-state index contributed by atoms with van der Waals surface area (Å²) in [5.74, 6) is -1.24. The molecule has 2 amide bonds. The van der Waals surface area contributed by atoms with Crippen molar-refractivity contribution in [2.24, 2.45) is 5.16 Å². The third-order valence-corrected chi connectivity index (χ3v) is 8.60. The van der Waals surface area contributed by atoms with E-state index in [0.717, 1.165) is 28.9 Å². The lowest BCUT2D eigenvalue weighted by molar-refractivity contribution is -0.154. The molecule has 1 fully saturated rings. The van der Waals surface area contributed by atoms with Crippen LogP contribution >= 0.6 is 23.1 Å². The van der Waals surface area contributed by atoms with Crippen LogP contribution in [0.25, 0.3) is 0 Å². The number of thiazole rings is 1. The number of fused-ring (bicyclic) bond motifs is 1. The molecule has 1 unspecified atom stereocenters. The molecule has 3 heterocycles. The van der Waals surface area contributed by atoms with E-state index in [1.54, 1.807) is 5.38 Å². The maximum atomic E-state index is 13.9. The van der Waals surface area contributed by atoms with Gasteiger partial charge in [-0.05, 0) is 23.1 Å². The highest BCUT2D eigenvalue weighted by molar-refractivity contribution is 8.00. The molecule has 216 valence electrons. The summed E-state index contributed by atoms with van der Waals surface area (Å²) in [7, 11) is 1.31. The fraction of sp³-hybridized carbons (Fsp3) is 0.233. The Labute approximate surface area is 251 Å². The number of rotatable bonds is 10. The Morgan fingerprint density at radius 2 is 1.83 bits per heavy atom. The lowest BCUT2D eigenvalue weighted by atomic mass is 10.00. The van der Waals surface area contributed by atoms with Gasteiger partial charge in [-0.2, -0.15) is 0 Å². The molecule has 0 bridgehead atoms. The summed E-state index contributed by atoms with van der Waals surface area (Å²) in [6.07, 6.45) is 3.87. The number of β-lactam (4-membered cyclic amide) rings is 1. The first-order valence-corrected chi connectivity index (χ1v) is 15.1. The van der Waals surface area contributed by atoms with Crippen LogP contribution in [0.5, 0.6) is 0 Å². The summed E-state index contributed by atoms with van der Waals surface area (Å²) in [6.45, 7) is 1.99. The topological polar surface area (TPSA) is 136 Å². The van der Waals surface area contributed by atoms with Crippen LogP contribution in [0.1, 0.15) is 36.3 Å². The van der Waals surface area contributed by atoms with Gasteiger partial charge in [-0.1, -0.05) is 84.9 Å². The number of anilines is 1. The lowest BCUT2D eigenvalue weighted by Crippen LogP contribution is -2.71. The van der Waals surface area contributed by atoms with Crippen molar-refractivity contribution in [1.82, 2.24) is 15.2 Å². The molecule has 5 rings (SSSR count). The van der Waals surface area contributed by atoms with Gasteiger partial charge in [0.25, 0.3) is 11.8 Å². The Morgan fingerprint density at radius 3 is 2.40 bits per heavy atom. The van der Waals surface area contributed by atoms with Crippen molar-refractivity contribution < 1.29 is 24.0 Å². The number of hydrogen-bond donors (Lipinski definition) is 2. The van der Waals surface area contributed by atoms with Gasteiger partial charge in [0.1, 0.15) is 29.9 Å². The second-order valence-electron chi connectivity index (χ2n) is 9.35. The number of esters is 1. The number of nitrogens with two attached hydrogens (primary N) is 1. The fourth-order valence-electron chi connectivity index (χ4n) is 4.67. The van der Waals surface area contributed by atoms with E-state index in [1.807, 2.05) is 79.7 Å². The van der Waals surface area contributed by atoms with Crippen LogP contribution in [-0.4, -0.2) is 57.7 Å². The molecule has 2 atom stereocenters. The number of hydrogen-bond acceptors (Lipinski definition) is 10. The molecule has 12 heteroatoms. The zero-order valence-corrected chi connectivity index (χ0v) is 24.6. The van der Waals surface area contributed by atoms with Crippen LogP contribution in [0, 0.1) is 0 Å². The van der Waals surface area contributed by atoms with Crippen molar-refractivity contribution >= 4 is 51.7 Å². The summed E-state index contributed by atoms with van der Waals surface area (Å²) >= 11 is 2.60. The van der Waals surface area contributed by atoms with Gasteiger partial charge in [-0.25, -0.2) is 9.78 Å². The number of nitrogens with zero attached hydrogens (tertiary/aromatic N) is 3. The number of carbonyl (C=O) groups excluding carboxylic acids is 3. The zero-order chi connectivity index (χ0) is 29.6. The highest BCUT2D eigenvalue weighted by atomic mass is 32.2. The Kier molecular flexibility index (Phi) is 9.03.